The Bertz CT molecular complexity index is 1100. The molecule has 0 aliphatic carbocycles. The lowest BCUT2D eigenvalue weighted by molar-refractivity contribution is 0.485. The second kappa shape index (κ2) is 7.89. The van der Waals surface area contributed by atoms with Gasteiger partial charge in [-0.1, -0.05) is 19.1 Å². The molecule has 0 aliphatic heterocycles. The Morgan fingerprint density at radius 1 is 1.07 bits per heavy atom. The molecule has 9 heteroatoms. The topological polar surface area (TPSA) is 69.6 Å². The minimum atomic E-state index is -0.491. The van der Waals surface area contributed by atoms with Gasteiger partial charge in [0.15, 0.2) is 16.8 Å². The Hall–Kier alpha value is -3.07. The SMILES string of the molecule is CCc1ncnc(Sc2nnc(-c3ccccc3F)n2Cc2ccco2)c1F. The van der Waals surface area contributed by atoms with Crippen LogP contribution in [0.4, 0.5) is 8.78 Å². The number of hydrogen-bond donors (Lipinski definition) is 0. The van der Waals surface area contributed by atoms with E-state index in [1.165, 1.54) is 12.4 Å². The zero-order valence-corrected chi connectivity index (χ0v) is 15.7. The first-order valence-electron chi connectivity index (χ1n) is 8.55. The fourth-order valence-electron chi connectivity index (χ4n) is 2.70. The molecule has 142 valence electrons. The summed E-state index contributed by atoms with van der Waals surface area (Å²) in [6.45, 7) is 2.08. The lowest BCUT2D eigenvalue weighted by atomic mass is 10.2. The van der Waals surface area contributed by atoms with Gasteiger partial charge in [0.1, 0.15) is 22.9 Å². The van der Waals surface area contributed by atoms with Crippen molar-refractivity contribution in [2.24, 2.45) is 0 Å². The zero-order chi connectivity index (χ0) is 19.5. The van der Waals surface area contributed by atoms with E-state index in [0.717, 1.165) is 11.8 Å². The van der Waals surface area contributed by atoms with Gasteiger partial charge in [0, 0.05) is 0 Å². The molecule has 0 atom stereocenters. The largest absolute Gasteiger partial charge is 0.467 e. The standard InChI is InChI=1S/C19H15F2N5OS/c1-2-15-16(21)18(23-11-22-15)28-19-25-24-17(13-7-3-4-8-14(13)20)26(19)10-12-6-5-9-27-12/h3-9,11H,2,10H2,1H3. The molecule has 0 radical (unpaired) electrons. The molecule has 3 aromatic heterocycles. The van der Waals surface area contributed by atoms with Gasteiger partial charge in [-0.05, 0) is 42.4 Å². The normalized spacial score (nSPS) is 11.1. The lowest BCUT2D eigenvalue weighted by Crippen LogP contribution is -2.05. The first-order valence-corrected chi connectivity index (χ1v) is 9.36. The van der Waals surface area contributed by atoms with E-state index in [1.54, 1.807) is 41.2 Å². The first kappa shape index (κ1) is 18.3. The van der Waals surface area contributed by atoms with Gasteiger partial charge in [-0.3, -0.25) is 4.57 Å². The molecular formula is C19H15F2N5OS. The van der Waals surface area contributed by atoms with Gasteiger partial charge in [-0.25, -0.2) is 18.7 Å². The molecule has 3 heterocycles. The molecule has 28 heavy (non-hydrogen) atoms. The highest BCUT2D eigenvalue weighted by atomic mass is 32.2. The fourth-order valence-corrected chi connectivity index (χ4v) is 3.52. The molecule has 0 spiro atoms. The molecule has 0 unspecified atom stereocenters. The van der Waals surface area contributed by atoms with E-state index in [2.05, 4.69) is 20.2 Å². The van der Waals surface area contributed by atoms with E-state index in [9.17, 15) is 8.78 Å². The zero-order valence-electron chi connectivity index (χ0n) is 14.8. The van der Waals surface area contributed by atoms with Crippen LogP contribution in [0.15, 0.2) is 63.6 Å². The molecule has 0 aliphatic rings. The summed E-state index contributed by atoms with van der Waals surface area (Å²) in [6, 6.07) is 9.84. The second-order valence-electron chi connectivity index (χ2n) is 5.85. The summed E-state index contributed by atoms with van der Waals surface area (Å²) in [7, 11) is 0. The number of aryl methyl sites for hydroxylation is 1. The summed E-state index contributed by atoms with van der Waals surface area (Å²) in [5.74, 6) is 0.0439. The number of aromatic nitrogens is 5. The molecule has 4 rings (SSSR count). The molecule has 0 amide bonds. The Labute approximate surface area is 163 Å². The molecule has 0 fully saturated rings. The molecule has 6 nitrogen and oxygen atoms in total. The van der Waals surface area contributed by atoms with Crippen LogP contribution in [0.1, 0.15) is 18.4 Å². The molecule has 4 aromatic rings. The van der Waals surface area contributed by atoms with Gasteiger partial charge in [-0.15, -0.1) is 10.2 Å². The maximum Gasteiger partial charge on any atom is 0.198 e. The highest BCUT2D eigenvalue weighted by Crippen LogP contribution is 2.32. The first-order chi connectivity index (χ1) is 13.7. The summed E-state index contributed by atoms with van der Waals surface area (Å²) in [5.41, 5.74) is 0.620. The third kappa shape index (κ3) is 3.53. The quantitative estimate of drug-likeness (QED) is 0.449. The number of hydrogen-bond acceptors (Lipinski definition) is 6. The van der Waals surface area contributed by atoms with E-state index < -0.39 is 11.6 Å². The molecule has 0 bridgehead atoms. The van der Waals surface area contributed by atoms with Crippen LogP contribution >= 0.6 is 11.8 Å². The van der Waals surface area contributed by atoms with E-state index in [1.807, 2.05) is 6.92 Å². The molecule has 0 saturated carbocycles. The predicted molar refractivity (Wildman–Crippen MR) is 98.7 cm³/mol. The number of rotatable bonds is 6. The van der Waals surface area contributed by atoms with Gasteiger partial charge in [0.05, 0.1) is 24.1 Å². The van der Waals surface area contributed by atoms with Crippen molar-refractivity contribution in [2.75, 3.05) is 0 Å². The summed E-state index contributed by atoms with van der Waals surface area (Å²) in [4.78, 5) is 7.96. The highest BCUT2D eigenvalue weighted by molar-refractivity contribution is 7.99. The van der Waals surface area contributed by atoms with Crippen LogP contribution in [-0.4, -0.2) is 24.7 Å². The van der Waals surface area contributed by atoms with Crippen molar-refractivity contribution >= 4 is 11.8 Å². The maximum absolute atomic E-state index is 14.6. The average Bonchev–Trinajstić information content (AvgIpc) is 3.35. The Balaban J connectivity index is 1.78. The van der Waals surface area contributed by atoms with E-state index >= 15 is 0 Å². The number of furan rings is 1. The van der Waals surface area contributed by atoms with Gasteiger partial charge in [0.2, 0.25) is 0 Å². The minimum absolute atomic E-state index is 0.139. The molecular weight excluding hydrogens is 384 g/mol. The predicted octanol–water partition coefficient (Wildman–Crippen LogP) is 4.37. The van der Waals surface area contributed by atoms with Crippen LogP contribution in [0.5, 0.6) is 0 Å². The minimum Gasteiger partial charge on any atom is -0.467 e. The summed E-state index contributed by atoms with van der Waals surface area (Å²) < 4.78 is 36.0. The smallest absolute Gasteiger partial charge is 0.198 e. The maximum atomic E-state index is 14.6. The van der Waals surface area contributed by atoms with Crippen molar-refractivity contribution < 1.29 is 13.2 Å². The fraction of sp³-hybridized carbons (Fsp3) is 0.158. The van der Waals surface area contributed by atoms with Crippen molar-refractivity contribution in [3.8, 4) is 11.4 Å². The van der Waals surface area contributed by atoms with E-state index in [-0.39, 0.29) is 11.6 Å². The van der Waals surface area contributed by atoms with Crippen LogP contribution in [0.2, 0.25) is 0 Å². The Morgan fingerprint density at radius 3 is 2.68 bits per heavy atom. The van der Waals surface area contributed by atoms with E-state index in [4.69, 9.17) is 4.42 Å². The lowest BCUT2D eigenvalue weighted by Gasteiger charge is -2.10. The number of benzene rings is 1. The second-order valence-corrected chi connectivity index (χ2v) is 6.80. The van der Waals surface area contributed by atoms with Crippen LogP contribution in [-0.2, 0) is 13.0 Å². The van der Waals surface area contributed by atoms with Crippen LogP contribution in [0.3, 0.4) is 0 Å². The molecule has 0 N–H and O–H groups in total. The number of halogens is 2. The van der Waals surface area contributed by atoms with Gasteiger partial charge < -0.3 is 4.42 Å². The number of nitrogens with zero attached hydrogens (tertiary/aromatic N) is 5. The summed E-state index contributed by atoms with van der Waals surface area (Å²) >= 11 is 1.01. The Morgan fingerprint density at radius 2 is 1.93 bits per heavy atom. The monoisotopic (exact) mass is 399 g/mol. The summed E-state index contributed by atoms with van der Waals surface area (Å²) in [5, 5.41) is 8.80. The van der Waals surface area contributed by atoms with Gasteiger partial charge >= 0.3 is 0 Å². The van der Waals surface area contributed by atoms with Crippen molar-refractivity contribution in [3.63, 3.8) is 0 Å². The van der Waals surface area contributed by atoms with Crippen molar-refractivity contribution in [1.29, 1.82) is 0 Å². The van der Waals surface area contributed by atoms with Crippen LogP contribution < -0.4 is 0 Å². The highest BCUT2D eigenvalue weighted by Gasteiger charge is 2.21. The van der Waals surface area contributed by atoms with Crippen molar-refractivity contribution in [2.45, 2.75) is 30.1 Å². The third-order valence-corrected chi connectivity index (χ3v) is 5.04. The van der Waals surface area contributed by atoms with Crippen molar-refractivity contribution in [3.05, 3.63) is 72.1 Å². The van der Waals surface area contributed by atoms with Crippen LogP contribution in [0, 0.1) is 11.6 Å². The van der Waals surface area contributed by atoms with Crippen LogP contribution in [0.25, 0.3) is 11.4 Å². The van der Waals surface area contributed by atoms with Crippen molar-refractivity contribution in [1.82, 2.24) is 24.7 Å². The average molecular weight is 399 g/mol. The van der Waals surface area contributed by atoms with Gasteiger partial charge in [0.25, 0.3) is 0 Å². The molecule has 0 saturated heterocycles. The van der Waals surface area contributed by atoms with E-state index in [0.29, 0.717) is 34.4 Å². The third-order valence-electron chi connectivity index (χ3n) is 4.08. The summed E-state index contributed by atoms with van der Waals surface area (Å²) in [6.07, 6.45) is 3.31. The molecule has 1 aromatic carbocycles. The Kier molecular flexibility index (Phi) is 5.16. The van der Waals surface area contributed by atoms with Gasteiger partial charge in [-0.2, -0.15) is 0 Å².